The van der Waals surface area contributed by atoms with Gasteiger partial charge in [-0.1, -0.05) is 18.2 Å². The normalized spacial score (nSPS) is 14.7. The van der Waals surface area contributed by atoms with Crippen LogP contribution in [0.2, 0.25) is 0 Å². The van der Waals surface area contributed by atoms with Crippen LogP contribution >= 0.6 is 0 Å². The SMILES string of the molecule is O=C(COCc1n[nH]c(=O)c2ccccc12)N1CCN(c2ncc(C(F)(F)F)cn2)CC1. The van der Waals surface area contributed by atoms with Crippen LogP contribution in [0.25, 0.3) is 10.8 Å². The van der Waals surface area contributed by atoms with E-state index in [0.29, 0.717) is 42.6 Å². The summed E-state index contributed by atoms with van der Waals surface area (Å²) in [5.41, 5.74) is -0.676. The number of H-pyrrole nitrogens is 1. The third-order valence-electron chi connectivity index (χ3n) is 5.12. The molecule has 3 aromatic rings. The molecule has 12 heteroatoms. The highest BCUT2D eigenvalue weighted by Crippen LogP contribution is 2.28. The fourth-order valence-corrected chi connectivity index (χ4v) is 3.39. The summed E-state index contributed by atoms with van der Waals surface area (Å²) in [5.74, 6) is -0.0240. The summed E-state index contributed by atoms with van der Waals surface area (Å²) in [6.07, 6.45) is -2.98. The number of carbonyl (C=O) groups is 1. The number of rotatable bonds is 5. The molecule has 32 heavy (non-hydrogen) atoms. The number of alkyl halides is 3. The molecule has 0 atom stereocenters. The first-order valence-electron chi connectivity index (χ1n) is 9.79. The molecule has 0 aliphatic carbocycles. The van der Waals surface area contributed by atoms with Crippen molar-refractivity contribution in [2.45, 2.75) is 12.8 Å². The first kappa shape index (κ1) is 21.7. The average Bonchev–Trinajstić information content (AvgIpc) is 2.80. The van der Waals surface area contributed by atoms with Gasteiger partial charge in [-0.2, -0.15) is 18.3 Å². The van der Waals surface area contributed by atoms with Gasteiger partial charge in [0.05, 0.1) is 23.3 Å². The Labute approximate surface area is 179 Å². The van der Waals surface area contributed by atoms with E-state index in [-0.39, 0.29) is 30.6 Å². The van der Waals surface area contributed by atoms with Crippen LogP contribution in [0, 0.1) is 0 Å². The van der Waals surface area contributed by atoms with Gasteiger partial charge in [-0.15, -0.1) is 0 Å². The molecule has 168 valence electrons. The average molecular weight is 448 g/mol. The highest BCUT2D eigenvalue weighted by molar-refractivity contribution is 5.83. The number of fused-ring (bicyclic) bond motifs is 1. The lowest BCUT2D eigenvalue weighted by atomic mass is 10.1. The van der Waals surface area contributed by atoms with Crippen LogP contribution in [-0.4, -0.2) is 63.8 Å². The molecule has 0 unspecified atom stereocenters. The summed E-state index contributed by atoms with van der Waals surface area (Å²) in [6, 6.07) is 6.99. The maximum absolute atomic E-state index is 12.6. The molecule has 1 aliphatic heterocycles. The van der Waals surface area contributed by atoms with Crippen LogP contribution < -0.4 is 10.5 Å². The number of aromatic nitrogens is 4. The Balaban J connectivity index is 1.28. The fourth-order valence-electron chi connectivity index (χ4n) is 3.39. The number of hydrogen-bond acceptors (Lipinski definition) is 7. The Kier molecular flexibility index (Phi) is 6.04. The van der Waals surface area contributed by atoms with Crippen LogP contribution in [0.1, 0.15) is 11.3 Å². The number of nitrogens with zero attached hydrogens (tertiary/aromatic N) is 5. The highest BCUT2D eigenvalue weighted by Gasteiger charge is 2.32. The van der Waals surface area contributed by atoms with Crippen molar-refractivity contribution in [2.75, 3.05) is 37.7 Å². The van der Waals surface area contributed by atoms with Gasteiger partial charge in [-0.05, 0) is 6.07 Å². The molecule has 3 heterocycles. The quantitative estimate of drug-likeness (QED) is 0.632. The second kappa shape index (κ2) is 8.91. The van der Waals surface area contributed by atoms with E-state index in [0.717, 1.165) is 12.4 Å². The van der Waals surface area contributed by atoms with E-state index in [9.17, 15) is 22.8 Å². The Morgan fingerprint density at radius 3 is 2.38 bits per heavy atom. The zero-order valence-electron chi connectivity index (χ0n) is 16.8. The highest BCUT2D eigenvalue weighted by atomic mass is 19.4. The van der Waals surface area contributed by atoms with Gasteiger partial charge in [-0.3, -0.25) is 9.59 Å². The number of anilines is 1. The number of benzene rings is 1. The number of piperazine rings is 1. The molecule has 1 aromatic carbocycles. The van der Waals surface area contributed by atoms with Crippen molar-refractivity contribution in [2.24, 2.45) is 0 Å². The topological polar surface area (TPSA) is 104 Å². The maximum Gasteiger partial charge on any atom is 0.419 e. The molecule has 0 radical (unpaired) electrons. The van der Waals surface area contributed by atoms with E-state index < -0.39 is 11.7 Å². The number of amides is 1. The molecule has 0 spiro atoms. The van der Waals surface area contributed by atoms with Gasteiger partial charge in [0.15, 0.2) is 0 Å². The van der Waals surface area contributed by atoms with Gasteiger partial charge < -0.3 is 14.5 Å². The van der Waals surface area contributed by atoms with Crippen molar-refractivity contribution in [3.05, 3.63) is 58.3 Å². The largest absolute Gasteiger partial charge is 0.419 e. The molecule has 1 fully saturated rings. The minimum absolute atomic E-state index is 0.0579. The van der Waals surface area contributed by atoms with Gasteiger partial charge >= 0.3 is 6.18 Å². The van der Waals surface area contributed by atoms with Crippen LogP contribution in [0.3, 0.4) is 0 Å². The summed E-state index contributed by atoms with van der Waals surface area (Å²) >= 11 is 0. The van der Waals surface area contributed by atoms with E-state index in [1.807, 2.05) is 0 Å². The second-order valence-corrected chi connectivity index (χ2v) is 7.18. The van der Waals surface area contributed by atoms with Gasteiger partial charge in [-0.25, -0.2) is 15.1 Å². The minimum Gasteiger partial charge on any atom is -0.365 e. The molecule has 2 aromatic heterocycles. The van der Waals surface area contributed by atoms with Gasteiger partial charge in [0.2, 0.25) is 11.9 Å². The smallest absolute Gasteiger partial charge is 0.365 e. The number of halogens is 3. The predicted octanol–water partition coefficient (Wildman–Crippen LogP) is 1.60. The summed E-state index contributed by atoms with van der Waals surface area (Å²) in [7, 11) is 0. The molecule has 0 saturated carbocycles. The molecule has 9 nitrogen and oxygen atoms in total. The molecule has 1 aliphatic rings. The first-order chi connectivity index (χ1) is 15.3. The lowest BCUT2D eigenvalue weighted by Crippen LogP contribution is -2.50. The number of aromatic amines is 1. The molecule has 1 amide bonds. The third-order valence-corrected chi connectivity index (χ3v) is 5.12. The minimum atomic E-state index is -4.49. The molecule has 0 bridgehead atoms. The van der Waals surface area contributed by atoms with Crippen molar-refractivity contribution < 1.29 is 22.7 Å². The maximum atomic E-state index is 12.6. The van der Waals surface area contributed by atoms with Crippen LogP contribution in [0.5, 0.6) is 0 Å². The van der Waals surface area contributed by atoms with Gasteiger partial charge in [0, 0.05) is 44.0 Å². The first-order valence-corrected chi connectivity index (χ1v) is 9.79. The van der Waals surface area contributed by atoms with Crippen molar-refractivity contribution in [3.63, 3.8) is 0 Å². The molecular formula is C20H19F3N6O3. The van der Waals surface area contributed by atoms with Gasteiger partial charge in [0.25, 0.3) is 5.56 Å². The lowest BCUT2D eigenvalue weighted by Gasteiger charge is -2.34. The molecule has 1 saturated heterocycles. The Hall–Kier alpha value is -3.54. The summed E-state index contributed by atoms with van der Waals surface area (Å²) in [4.78, 5) is 35.2. The van der Waals surface area contributed by atoms with Crippen LogP contribution in [0.15, 0.2) is 41.5 Å². The second-order valence-electron chi connectivity index (χ2n) is 7.18. The van der Waals surface area contributed by atoms with Crippen molar-refractivity contribution >= 4 is 22.6 Å². The van der Waals surface area contributed by atoms with E-state index in [1.54, 1.807) is 34.1 Å². The van der Waals surface area contributed by atoms with E-state index in [1.165, 1.54) is 0 Å². The summed E-state index contributed by atoms with van der Waals surface area (Å²) < 4.78 is 43.4. The Bertz CT molecular complexity index is 1160. The Morgan fingerprint density at radius 2 is 1.72 bits per heavy atom. The number of hydrogen-bond donors (Lipinski definition) is 1. The Morgan fingerprint density at radius 1 is 1.06 bits per heavy atom. The van der Waals surface area contributed by atoms with Crippen molar-refractivity contribution in [1.82, 2.24) is 25.1 Å². The molecular weight excluding hydrogens is 429 g/mol. The molecule has 1 N–H and O–H groups in total. The standard InChI is InChI=1S/C20H19F3N6O3/c21-20(22,23)13-9-24-19(25-10-13)29-7-5-28(6-8-29)17(30)12-32-11-16-14-3-1-2-4-15(14)18(31)27-26-16/h1-4,9-10H,5-8,11-12H2,(H,27,31). The van der Waals surface area contributed by atoms with E-state index >= 15 is 0 Å². The summed E-state index contributed by atoms with van der Waals surface area (Å²) in [6.45, 7) is 1.42. The number of ether oxygens (including phenoxy) is 1. The van der Waals surface area contributed by atoms with E-state index in [2.05, 4.69) is 20.2 Å². The number of carbonyl (C=O) groups excluding carboxylic acids is 1. The zero-order valence-corrected chi connectivity index (χ0v) is 16.8. The zero-order chi connectivity index (χ0) is 22.7. The monoisotopic (exact) mass is 448 g/mol. The van der Waals surface area contributed by atoms with Gasteiger partial charge in [0.1, 0.15) is 6.61 Å². The number of nitrogens with one attached hydrogen (secondary N) is 1. The van der Waals surface area contributed by atoms with Crippen molar-refractivity contribution in [3.8, 4) is 0 Å². The lowest BCUT2D eigenvalue weighted by molar-refractivity contribution is -0.138. The van der Waals surface area contributed by atoms with Crippen LogP contribution in [0.4, 0.5) is 19.1 Å². The fraction of sp³-hybridized carbons (Fsp3) is 0.350. The van der Waals surface area contributed by atoms with Crippen molar-refractivity contribution in [1.29, 1.82) is 0 Å². The molecule has 4 rings (SSSR count). The third kappa shape index (κ3) is 4.69. The van der Waals surface area contributed by atoms with Crippen LogP contribution in [-0.2, 0) is 22.3 Å². The van der Waals surface area contributed by atoms with E-state index in [4.69, 9.17) is 4.74 Å². The predicted molar refractivity (Wildman–Crippen MR) is 108 cm³/mol. The summed E-state index contributed by atoms with van der Waals surface area (Å²) in [5, 5.41) is 7.57.